The van der Waals surface area contributed by atoms with Gasteiger partial charge in [-0.25, -0.2) is 4.68 Å². The molecule has 0 bridgehead atoms. The number of nitrogens with zero attached hydrogens (tertiary/aromatic N) is 4. The molecule has 0 saturated carbocycles. The van der Waals surface area contributed by atoms with Crippen molar-refractivity contribution < 1.29 is 19.5 Å². The zero-order valence-electron chi connectivity index (χ0n) is 18.8. The maximum Gasteiger partial charge on any atom is 0.244 e. The molecule has 1 aliphatic heterocycles. The molecule has 1 aromatic heterocycles. The number of likely N-dealkylation sites (tertiary alicyclic amines) is 1. The summed E-state index contributed by atoms with van der Waals surface area (Å²) in [7, 11) is 1.56. The van der Waals surface area contributed by atoms with Crippen molar-refractivity contribution in [3.8, 4) is 0 Å². The molecule has 2 aliphatic rings. The molecule has 1 fully saturated rings. The zero-order chi connectivity index (χ0) is 23.5. The van der Waals surface area contributed by atoms with Gasteiger partial charge in [-0.05, 0) is 30.9 Å². The van der Waals surface area contributed by atoms with Gasteiger partial charge in [0.15, 0.2) is 0 Å². The van der Waals surface area contributed by atoms with Crippen molar-refractivity contribution in [2.75, 3.05) is 20.2 Å². The lowest BCUT2D eigenvalue weighted by molar-refractivity contribution is -0.140. The van der Waals surface area contributed by atoms with E-state index in [9.17, 15) is 19.5 Å². The minimum Gasteiger partial charge on any atom is -0.396 e. The Morgan fingerprint density at radius 3 is 2.70 bits per heavy atom. The maximum absolute atomic E-state index is 13.5. The third kappa shape index (κ3) is 4.22. The summed E-state index contributed by atoms with van der Waals surface area (Å²) in [6.07, 6.45) is 4.94. The lowest BCUT2D eigenvalue weighted by Crippen LogP contribution is -2.48. The van der Waals surface area contributed by atoms with Crippen LogP contribution in [0.5, 0.6) is 0 Å². The number of benzene rings is 1. The molecule has 0 spiro atoms. The summed E-state index contributed by atoms with van der Waals surface area (Å²) in [5.74, 6) is -2.32. The van der Waals surface area contributed by atoms with Gasteiger partial charge in [-0.2, -0.15) is 0 Å². The molecule has 2 heterocycles. The van der Waals surface area contributed by atoms with Crippen LogP contribution in [-0.4, -0.2) is 69.0 Å². The van der Waals surface area contributed by atoms with E-state index in [-0.39, 0.29) is 36.9 Å². The average Bonchev–Trinajstić information content (AvgIpc) is 3.36. The number of fused-ring (bicyclic) bond motifs is 2. The number of unbranched alkanes of at least 4 members (excludes halogenated alkanes) is 1. The van der Waals surface area contributed by atoms with Gasteiger partial charge < -0.3 is 20.6 Å². The van der Waals surface area contributed by atoms with Gasteiger partial charge in [0.1, 0.15) is 18.2 Å². The smallest absolute Gasteiger partial charge is 0.244 e. The van der Waals surface area contributed by atoms with Gasteiger partial charge in [0.05, 0.1) is 17.4 Å². The molecular formula is C23H30N6O4. The highest BCUT2D eigenvalue weighted by atomic mass is 16.3. The second-order valence-corrected chi connectivity index (χ2v) is 8.67. The molecule has 176 valence electrons. The van der Waals surface area contributed by atoms with Crippen molar-refractivity contribution >= 4 is 28.8 Å². The standard InChI is InChI=1S/C23H30N6O4/c1-14-9-10-15-19(18(14)21(31)24-2)23(33)28(11-5-6-12-30)20(15)22(32)25-13-29-17-8-4-3-7-16(17)26-27-29/h3-4,7-10,14-15,18-20,30H,5-6,11-13H2,1-2H3,(H,24,31)(H,25,32)/t14-,15+,18-,19-,20+/m1/s1. The van der Waals surface area contributed by atoms with Gasteiger partial charge in [0, 0.05) is 26.1 Å². The number of aliphatic hydroxyl groups excluding tert-OH is 1. The molecule has 1 aromatic carbocycles. The van der Waals surface area contributed by atoms with Gasteiger partial charge in [-0.1, -0.05) is 36.4 Å². The Morgan fingerprint density at radius 1 is 1.15 bits per heavy atom. The quantitative estimate of drug-likeness (QED) is 0.388. The molecular weight excluding hydrogens is 424 g/mol. The number of hydrogen-bond acceptors (Lipinski definition) is 6. The maximum atomic E-state index is 13.5. The van der Waals surface area contributed by atoms with E-state index in [1.807, 2.05) is 43.3 Å². The van der Waals surface area contributed by atoms with Crippen LogP contribution in [0.4, 0.5) is 0 Å². The van der Waals surface area contributed by atoms with Crippen LogP contribution in [0.1, 0.15) is 19.8 Å². The Kier molecular flexibility index (Phi) is 6.73. The molecule has 0 unspecified atom stereocenters. The van der Waals surface area contributed by atoms with Crippen LogP contribution in [0, 0.1) is 23.7 Å². The molecule has 5 atom stereocenters. The highest BCUT2D eigenvalue weighted by Gasteiger charge is 2.56. The number of para-hydroxylation sites is 1. The zero-order valence-corrected chi connectivity index (χ0v) is 18.8. The average molecular weight is 455 g/mol. The number of aliphatic hydroxyl groups is 1. The molecule has 0 radical (unpaired) electrons. The van der Waals surface area contributed by atoms with Crippen LogP contribution >= 0.6 is 0 Å². The Balaban J connectivity index is 1.58. The van der Waals surface area contributed by atoms with Crippen molar-refractivity contribution in [3.05, 3.63) is 36.4 Å². The Morgan fingerprint density at radius 2 is 1.94 bits per heavy atom. The SMILES string of the molecule is CNC(=O)[C@H]1[C@@H]2C(=O)N(CCCCO)[C@H](C(=O)NCn3nnc4ccccc43)[C@H]2C=C[C@H]1C. The van der Waals surface area contributed by atoms with Crippen LogP contribution in [0.25, 0.3) is 11.0 Å². The van der Waals surface area contributed by atoms with Gasteiger partial charge in [-0.15, -0.1) is 5.10 Å². The molecule has 3 amide bonds. The number of aromatic nitrogens is 3. The Bertz CT molecular complexity index is 1070. The van der Waals surface area contributed by atoms with E-state index in [1.54, 1.807) is 16.6 Å². The fourth-order valence-electron chi connectivity index (χ4n) is 5.09. The second kappa shape index (κ2) is 9.70. The van der Waals surface area contributed by atoms with Crippen LogP contribution in [0.2, 0.25) is 0 Å². The van der Waals surface area contributed by atoms with E-state index in [0.717, 1.165) is 11.0 Å². The summed E-state index contributed by atoms with van der Waals surface area (Å²) in [4.78, 5) is 41.1. The van der Waals surface area contributed by atoms with Crippen molar-refractivity contribution in [1.29, 1.82) is 0 Å². The Hall–Kier alpha value is -3.27. The summed E-state index contributed by atoms with van der Waals surface area (Å²) in [5.41, 5.74) is 1.52. The van der Waals surface area contributed by atoms with E-state index >= 15 is 0 Å². The number of carbonyl (C=O) groups is 3. The third-order valence-electron chi connectivity index (χ3n) is 6.72. The van der Waals surface area contributed by atoms with Gasteiger partial charge >= 0.3 is 0 Å². The summed E-state index contributed by atoms with van der Waals surface area (Å²) in [6.45, 7) is 2.40. The fraction of sp³-hybridized carbons (Fsp3) is 0.522. The van der Waals surface area contributed by atoms with E-state index in [4.69, 9.17) is 0 Å². The number of amides is 3. The van der Waals surface area contributed by atoms with Crippen molar-refractivity contribution in [2.45, 2.75) is 32.5 Å². The summed E-state index contributed by atoms with van der Waals surface area (Å²) < 4.78 is 1.60. The molecule has 2 aromatic rings. The van der Waals surface area contributed by atoms with Crippen molar-refractivity contribution in [3.63, 3.8) is 0 Å². The third-order valence-corrected chi connectivity index (χ3v) is 6.72. The van der Waals surface area contributed by atoms with Crippen molar-refractivity contribution in [2.24, 2.45) is 23.7 Å². The van der Waals surface area contributed by atoms with Gasteiger partial charge in [-0.3, -0.25) is 14.4 Å². The highest BCUT2D eigenvalue weighted by Crippen LogP contribution is 2.44. The topological polar surface area (TPSA) is 129 Å². The monoisotopic (exact) mass is 454 g/mol. The van der Waals surface area contributed by atoms with Gasteiger partial charge in [0.2, 0.25) is 17.7 Å². The number of hydrogen-bond donors (Lipinski definition) is 3. The molecule has 3 N–H and O–H groups in total. The molecule has 33 heavy (non-hydrogen) atoms. The summed E-state index contributed by atoms with van der Waals surface area (Å²) in [5, 5.41) is 23.0. The first-order valence-corrected chi connectivity index (χ1v) is 11.3. The summed E-state index contributed by atoms with van der Waals surface area (Å²) in [6, 6.07) is 6.73. The number of allylic oxidation sites excluding steroid dienone is 1. The normalized spacial score (nSPS) is 26.5. The van der Waals surface area contributed by atoms with E-state index in [0.29, 0.717) is 19.4 Å². The van der Waals surface area contributed by atoms with E-state index in [2.05, 4.69) is 20.9 Å². The number of rotatable bonds is 8. The van der Waals surface area contributed by atoms with Crippen LogP contribution in [0.3, 0.4) is 0 Å². The fourth-order valence-corrected chi connectivity index (χ4v) is 5.09. The van der Waals surface area contributed by atoms with E-state index < -0.39 is 23.8 Å². The minimum atomic E-state index is -0.730. The summed E-state index contributed by atoms with van der Waals surface area (Å²) >= 11 is 0. The first-order chi connectivity index (χ1) is 16.0. The first-order valence-electron chi connectivity index (χ1n) is 11.3. The lowest BCUT2D eigenvalue weighted by atomic mass is 9.70. The molecule has 1 aliphatic carbocycles. The Labute approximate surface area is 192 Å². The van der Waals surface area contributed by atoms with Gasteiger partial charge in [0.25, 0.3) is 0 Å². The molecule has 10 heteroatoms. The first kappa shape index (κ1) is 22.9. The predicted octanol–water partition coefficient (Wildman–Crippen LogP) is 0.289. The van der Waals surface area contributed by atoms with Crippen LogP contribution in [-0.2, 0) is 21.1 Å². The van der Waals surface area contributed by atoms with Crippen LogP contribution in [0.15, 0.2) is 36.4 Å². The van der Waals surface area contributed by atoms with Crippen molar-refractivity contribution in [1.82, 2.24) is 30.5 Å². The minimum absolute atomic E-state index is 0.0168. The lowest BCUT2D eigenvalue weighted by Gasteiger charge is -2.32. The predicted molar refractivity (Wildman–Crippen MR) is 120 cm³/mol. The number of carbonyl (C=O) groups excluding carboxylic acids is 3. The molecule has 10 nitrogen and oxygen atoms in total. The highest BCUT2D eigenvalue weighted by molar-refractivity contribution is 5.96. The second-order valence-electron chi connectivity index (χ2n) is 8.67. The van der Waals surface area contributed by atoms with E-state index in [1.165, 1.54) is 0 Å². The molecule has 4 rings (SSSR count). The molecule has 1 saturated heterocycles. The van der Waals surface area contributed by atoms with Crippen LogP contribution < -0.4 is 10.6 Å². The largest absolute Gasteiger partial charge is 0.396 e. The number of nitrogens with one attached hydrogen (secondary N) is 2.